The van der Waals surface area contributed by atoms with Crippen molar-refractivity contribution in [1.29, 1.82) is 0 Å². The lowest BCUT2D eigenvalue weighted by molar-refractivity contribution is 0.465. The number of hydrogen-bond donors (Lipinski definition) is 1. The highest BCUT2D eigenvalue weighted by molar-refractivity contribution is 5.99. The summed E-state index contributed by atoms with van der Waals surface area (Å²) in [6.45, 7) is 24.4. The summed E-state index contributed by atoms with van der Waals surface area (Å²) < 4.78 is 2.23. The van der Waals surface area contributed by atoms with E-state index >= 15 is 0 Å². The average Bonchev–Trinajstić information content (AvgIpc) is 3.49. The van der Waals surface area contributed by atoms with Gasteiger partial charge in [-0.05, 0) is 104 Å². The third-order valence-corrected chi connectivity index (χ3v) is 10.6. The van der Waals surface area contributed by atoms with Crippen LogP contribution in [0.2, 0.25) is 0 Å². The molecule has 5 aromatic carbocycles. The van der Waals surface area contributed by atoms with Gasteiger partial charge in [0.25, 0.3) is 0 Å². The van der Waals surface area contributed by atoms with E-state index in [0.717, 1.165) is 66.8 Å². The van der Waals surface area contributed by atoms with Crippen LogP contribution in [0.25, 0.3) is 61.3 Å². The molecule has 0 spiro atoms. The van der Waals surface area contributed by atoms with Crippen LogP contribution in [0.3, 0.4) is 0 Å². The van der Waals surface area contributed by atoms with Gasteiger partial charge in [0.1, 0.15) is 11.6 Å². The molecular weight excluding hydrogens is 647 g/mol. The third kappa shape index (κ3) is 6.76. The van der Waals surface area contributed by atoms with E-state index in [1.54, 1.807) is 0 Å². The van der Waals surface area contributed by atoms with Crippen LogP contribution in [0.4, 0.5) is 0 Å². The molecule has 0 aliphatic heterocycles. The summed E-state index contributed by atoms with van der Waals surface area (Å²) in [4.78, 5) is 10.3. The average molecular weight is 700 g/mol. The predicted molar refractivity (Wildman–Crippen MR) is 225 cm³/mol. The molecule has 2 heterocycles. The van der Waals surface area contributed by atoms with Crippen molar-refractivity contribution < 1.29 is 5.11 Å². The zero-order valence-electron chi connectivity index (χ0n) is 33.3. The minimum atomic E-state index is -0.119. The van der Waals surface area contributed by atoms with Crippen LogP contribution in [0, 0.1) is 0 Å². The number of pyridine rings is 1. The second kappa shape index (κ2) is 13.0. The molecule has 0 amide bonds. The number of hydrogen-bond acceptors (Lipinski definition) is 3. The van der Waals surface area contributed by atoms with Crippen molar-refractivity contribution in [2.45, 2.75) is 98.3 Å². The van der Waals surface area contributed by atoms with Crippen LogP contribution in [0.1, 0.15) is 104 Å². The smallest absolute Gasteiger partial charge is 0.149 e. The number of aromatic hydroxyl groups is 1. The first-order valence-corrected chi connectivity index (χ1v) is 18.9. The minimum Gasteiger partial charge on any atom is -0.507 e. The number of benzene rings is 5. The SMILES string of the molecule is CC(C)c1cc(C(C)(C)C)cc(-c2nc3c(-c4cccc(-c5cc(C(C)(C)C)cc6cccnc56)c4)cccc3n2-c2ccc(C(C)(C)C)cc2)c1O. The van der Waals surface area contributed by atoms with Gasteiger partial charge in [0.05, 0.1) is 22.1 Å². The van der Waals surface area contributed by atoms with E-state index in [1.165, 1.54) is 16.7 Å². The molecule has 0 saturated carbocycles. The number of phenols is 1. The van der Waals surface area contributed by atoms with Crippen molar-refractivity contribution in [3.63, 3.8) is 0 Å². The Morgan fingerprint density at radius 1 is 0.566 bits per heavy atom. The maximum atomic E-state index is 12.0. The Hall–Kier alpha value is -5.22. The third-order valence-electron chi connectivity index (χ3n) is 10.6. The maximum Gasteiger partial charge on any atom is 0.149 e. The molecule has 0 radical (unpaired) electrons. The van der Waals surface area contributed by atoms with E-state index in [1.807, 2.05) is 12.3 Å². The molecule has 0 bridgehead atoms. The monoisotopic (exact) mass is 699 g/mol. The Morgan fingerprint density at radius 2 is 1.17 bits per heavy atom. The van der Waals surface area contributed by atoms with Crippen LogP contribution in [-0.4, -0.2) is 19.6 Å². The largest absolute Gasteiger partial charge is 0.507 e. The molecule has 2 aromatic heterocycles. The van der Waals surface area contributed by atoms with E-state index in [2.05, 4.69) is 178 Å². The van der Waals surface area contributed by atoms with Crippen molar-refractivity contribution in [3.8, 4) is 45.1 Å². The molecule has 1 N–H and O–H groups in total. The Kier molecular flexibility index (Phi) is 8.88. The molecule has 0 aliphatic carbocycles. The van der Waals surface area contributed by atoms with E-state index in [4.69, 9.17) is 9.97 Å². The number of para-hydroxylation sites is 1. The van der Waals surface area contributed by atoms with E-state index in [0.29, 0.717) is 0 Å². The first-order chi connectivity index (χ1) is 24.9. The van der Waals surface area contributed by atoms with Gasteiger partial charge >= 0.3 is 0 Å². The van der Waals surface area contributed by atoms with Gasteiger partial charge in [-0.25, -0.2) is 4.98 Å². The summed E-state index contributed by atoms with van der Waals surface area (Å²) in [5, 5.41) is 13.1. The summed E-state index contributed by atoms with van der Waals surface area (Å²) in [6, 6.07) is 37.1. The minimum absolute atomic E-state index is 0.0123. The van der Waals surface area contributed by atoms with E-state index < -0.39 is 0 Å². The lowest BCUT2D eigenvalue weighted by Gasteiger charge is -2.24. The van der Waals surface area contributed by atoms with E-state index in [9.17, 15) is 5.11 Å². The number of imidazole rings is 1. The van der Waals surface area contributed by atoms with Crippen LogP contribution < -0.4 is 0 Å². The Labute approximate surface area is 315 Å². The van der Waals surface area contributed by atoms with Gasteiger partial charge in [-0.1, -0.05) is 131 Å². The van der Waals surface area contributed by atoms with Crippen molar-refractivity contribution in [1.82, 2.24) is 14.5 Å². The molecule has 0 aliphatic rings. The Balaban J connectivity index is 1.50. The number of phenolic OH excluding ortho intramolecular Hbond substituents is 1. The maximum absolute atomic E-state index is 12.0. The zero-order chi connectivity index (χ0) is 38.0. The molecule has 0 unspecified atom stereocenters. The highest BCUT2D eigenvalue weighted by Gasteiger charge is 2.26. The second-order valence-corrected chi connectivity index (χ2v) is 18.0. The molecule has 7 rings (SSSR count). The van der Waals surface area contributed by atoms with Gasteiger partial charge in [0.2, 0.25) is 0 Å². The first-order valence-electron chi connectivity index (χ1n) is 18.9. The molecule has 53 heavy (non-hydrogen) atoms. The predicted octanol–water partition coefficient (Wildman–Crippen LogP) is 13.3. The molecule has 4 nitrogen and oxygen atoms in total. The fourth-order valence-corrected chi connectivity index (χ4v) is 7.28. The van der Waals surface area contributed by atoms with Gasteiger partial charge in [-0.2, -0.15) is 0 Å². The second-order valence-electron chi connectivity index (χ2n) is 18.0. The number of nitrogens with zero attached hydrogens (tertiary/aromatic N) is 3. The Morgan fingerprint density at radius 3 is 1.81 bits per heavy atom. The summed E-state index contributed by atoms with van der Waals surface area (Å²) in [5.41, 5.74) is 13.5. The van der Waals surface area contributed by atoms with Crippen LogP contribution in [0.15, 0.2) is 109 Å². The molecule has 0 fully saturated rings. The normalized spacial score (nSPS) is 12.7. The van der Waals surface area contributed by atoms with Gasteiger partial charge in [-0.3, -0.25) is 9.55 Å². The fraction of sp³-hybridized carbons (Fsp3) is 0.306. The molecule has 270 valence electrons. The van der Waals surface area contributed by atoms with Crippen LogP contribution >= 0.6 is 0 Å². The molecule has 7 aromatic rings. The summed E-state index contributed by atoms with van der Waals surface area (Å²) >= 11 is 0. The number of aromatic nitrogens is 3. The standard InChI is InChI=1S/C49H53N3O/c1-30(2)39-27-36(49(9,10)11)29-41(45(39)53)46-51-44-38(18-13-19-42(44)52(46)37-22-20-34(21-23-37)47(3,4)5)31-15-12-16-32(25-31)40-28-35(48(6,7)8)26-33-17-14-24-50-43(33)40/h12-30,53H,1-11H3. The van der Waals surface area contributed by atoms with Gasteiger partial charge < -0.3 is 5.11 Å². The van der Waals surface area contributed by atoms with Gasteiger partial charge in [-0.15, -0.1) is 0 Å². The van der Waals surface area contributed by atoms with Crippen molar-refractivity contribution in [2.24, 2.45) is 0 Å². The highest BCUT2D eigenvalue weighted by atomic mass is 16.3. The number of fused-ring (bicyclic) bond motifs is 2. The molecule has 4 heteroatoms. The molecule has 0 saturated heterocycles. The van der Waals surface area contributed by atoms with Crippen molar-refractivity contribution in [2.75, 3.05) is 0 Å². The lowest BCUT2D eigenvalue weighted by atomic mass is 9.83. The lowest BCUT2D eigenvalue weighted by Crippen LogP contribution is -2.13. The van der Waals surface area contributed by atoms with E-state index in [-0.39, 0.29) is 27.9 Å². The zero-order valence-corrected chi connectivity index (χ0v) is 33.3. The fourth-order valence-electron chi connectivity index (χ4n) is 7.28. The Bertz CT molecular complexity index is 2480. The topological polar surface area (TPSA) is 50.9 Å². The van der Waals surface area contributed by atoms with Gasteiger partial charge in [0.15, 0.2) is 0 Å². The highest BCUT2D eigenvalue weighted by Crippen LogP contribution is 2.43. The molecule has 0 atom stereocenters. The van der Waals surface area contributed by atoms with Crippen LogP contribution in [0.5, 0.6) is 5.75 Å². The summed E-state index contributed by atoms with van der Waals surface area (Å²) in [7, 11) is 0. The summed E-state index contributed by atoms with van der Waals surface area (Å²) in [6.07, 6.45) is 1.88. The van der Waals surface area contributed by atoms with Crippen molar-refractivity contribution in [3.05, 3.63) is 132 Å². The van der Waals surface area contributed by atoms with Gasteiger partial charge in [0, 0.05) is 28.4 Å². The van der Waals surface area contributed by atoms with Crippen LogP contribution in [-0.2, 0) is 16.2 Å². The molecular formula is C49H53N3O. The number of rotatable bonds is 5. The van der Waals surface area contributed by atoms with Crippen molar-refractivity contribution >= 4 is 21.9 Å². The summed E-state index contributed by atoms with van der Waals surface area (Å²) in [5.74, 6) is 1.16. The first kappa shape index (κ1) is 36.2. The quantitative estimate of drug-likeness (QED) is 0.195.